The number of hydrogen-bond acceptors (Lipinski definition) is 3. The number of amides is 1. The molecule has 0 aromatic carbocycles. The molecule has 3 N–H and O–H groups in total. The van der Waals surface area contributed by atoms with E-state index in [4.69, 9.17) is 10.5 Å². The number of hydrogen-bond donors (Lipinski definition) is 2. The van der Waals surface area contributed by atoms with Crippen LogP contribution in [-0.2, 0) is 9.53 Å². The summed E-state index contributed by atoms with van der Waals surface area (Å²) < 4.78 is 5.06. The molecule has 5 heteroatoms. The fraction of sp³-hybridized carbons (Fsp3) is 0.923. The zero-order valence-electron chi connectivity index (χ0n) is 12.1. The number of rotatable bonds is 8. The molecule has 1 amide bonds. The molecule has 0 bridgehead atoms. The lowest BCUT2D eigenvalue weighted by Gasteiger charge is -2.17. The molecule has 0 aliphatic rings. The monoisotopic (exact) mass is 280 g/mol. The summed E-state index contributed by atoms with van der Waals surface area (Å²) in [5.41, 5.74) is 5.83. The van der Waals surface area contributed by atoms with E-state index in [2.05, 4.69) is 26.1 Å². The molecule has 0 aliphatic carbocycles. The van der Waals surface area contributed by atoms with Gasteiger partial charge in [-0.3, -0.25) is 4.79 Å². The standard InChI is InChI=1S/C13H28N2O2.ClH/c1-13(2,3)7-5-6-8-15-12(16)9-11(10-14)17-4;/h11H,5-10,14H2,1-4H3,(H,15,16);1H. The predicted molar refractivity (Wildman–Crippen MR) is 78.0 cm³/mol. The Morgan fingerprint density at radius 3 is 2.39 bits per heavy atom. The number of methoxy groups -OCH3 is 1. The third kappa shape index (κ3) is 12.1. The third-order valence-electron chi connectivity index (χ3n) is 2.69. The smallest absolute Gasteiger partial charge is 0.222 e. The lowest BCUT2D eigenvalue weighted by molar-refractivity contribution is -0.123. The first-order chi connectivity index (χ1) is 7.89. The van der Waals surface area contributed by atoms with Gasteiger partial charge in [0.15, 0.2) is 0 Å². The molecule has 110 valence electrons. The van der Waals surface area contributed by atoms with Crippen LogP contribution in [0, 0.1) is 5.41 Å². The van der Waals surface area contributed by atoms with Gasteiger partial charge in [0.05, 0.1) is 12.5 Å². The van der Waals surface area contributed by atoms with Crippen molar-refractivity contribution in [2.45, 2.75) is 52.6 Å². The third-order valence-corrected chi connectivity index (χ3v) is 2.69. The number of halogens is 1. The Morgan fingerprint density at radius 2 is 1.94 bits per heavy atom. The van der Waals surface area contributed by atoms with Gasteiger partial charge >= 0.3 is 0 Å². The lowest BCUT2D eigenvalue weighted by atomic mass is 9.90. The molecule has 0 fully saturated rings. The Balaban J connectivity index is 0. The second-order valence-corrected chi connectivity index (χ2v) is 5.67. The SMILES string of the molecule is COC(CN)CC(=O)NCCCCC(C)(C)C.Cl. The van der Waals surface area contributed by atoms with Crippen LogP contribution in [0.3, 0.4) is 0 Å². The van der Waals surface area contributed by atoms with E-state index in [1.807, 2.05) is 0 Å². The normalized spacial score (nSPS) is 12.7. The summed E-state index contributed by atoms with van der Waals surface area (Å²) in [4.78, 5) is 11.5. The van der Waals surface area contributed by atoms with Crippen LogP contribution in [0.2, 0.25) is 0 Å². The molecular weight excluding hydrogens is 252 g/mol. The second kappa shape index (κ2) is 10.6. The van der Waals surface area contributed by atoms with Gasteiger partial charge in [0.1, 0.15) is 0 Å². The van der Waals surface area contributed by atoms with Crippen LogP contribution >= 0.6 is 12.4 Å². The summed E-state index contributed by atoms with van der Waals surface area (Å²) in [5, 5.41) is 2.89. The molecule has 0 saturated heterocycles. The Morgan fingerprint density at radius 1 is 1.33 bits per heavy atom. The van der Waals surface area contributed by atoms with Crippen LogP contribution in [0.25, 0.3) is 0 Å². The van der Waals surface area contributed by atoms with Crippen molar-refractivity contribution in [3.63, 3.8) is 0 Å². The molecule has 18 heavy (non-hydrogen) atoms. The zero-order chi connectivity index (χ0) is 13.3. The highest BCUT2D eigenvalue weighted by Gasteiger charge is 2.11. The second-order valence-electron chi connectivity index (χ2n) is 5.67. The molecule has 0 rings (SSSR count). The Labute approximate surface area is 117 Å². The first-order valence-electron chi connectivity index (χ1n) is 6.38. The van der Waals surface area contributed by atoms with E-state index >= 15 is 0 Å². The minimum Gasteiger partial charge on any atom is -0.380 e. The van der Waals surface area contributed by atoms with Crippen LogP contribution in [-0.4, -0.2) is 32.2 Å². The quantitative estimate of drug-likeness (QED) is 0.669. The van der Waals surface area contributed by atoms with Gasteiger partial charge in [-0.15, -0.1) is 12.4 Å². The molecule has 0 aromatic heterocycles. The summed E-state index contributed by atoms with van der Waals surface area (Å²) in [6.07, 6.45) is 3.56. The van der Waals surface area contributed by atoms with E-state index in [9.17, 15) is 4.79 Å². The van der Waals surface area contributed by atoms with Crippen molar-refractivity contribution >= 4 is 18.3 Å². The number of carbonyl (C=O) groups excluding carboxylic acids is 1. The van der Waals surface area contributed by atoms with Crippen LogP contribution in [0.15, 0.2) is 0 Å². The van der Waals surface area contributed by atoms with Crippen LogP contribution in [0.1, 0.15) is 46.5 Å². The van der Waals surface area contributed by atoms with E-state index in [0.29, 0.717) is 18.4 Å². The summed E-state index contributed by atoms with van der Waals surface area (Å²) in [6, 6.07) is 0. The predicted octanol–water partition coefficient (Wildman–Crippen LogP) is 2.10. The summed E-state index contributed by atoms with van der Waals surface area (Å²) in [5.74, 6) is 0.0260. The van der Waals surface area contributed by atoms with Gasteiger partial charge in [0.25, 0.3) is 0 Å². The molecule has 0 aromatic rings. The highest BCUT2D eigenvalue weighted by atomic mass is 35.5. The summed E-state index contributed by atoms with van der Waals surface area (Å²) >= 11 is 0. The van der Waals surface area contributed by atoms with Crippen LogP contribution in [0.5, 0.6) is 0 Å². The Hall–Kier alpha value is -0.320. The highest BCUT2D eigenvalue weighted by molar-refractivity contribution is 5.85. The lowest BCUT2D eigenvalue weighted by Crippen LogP contribution is -2.32. The van der Waals surface area contributed by atoms with Gasteiger partial charge in [0.2, 0.25) is 5.91 Å². The van der Waals surface area contributed by atoms with Gasteiger partial charge < -0.3 is 15.8 Å². The Kier molecular flexibility index (Phi) is 11.8. The first-order valence-corrected chi connectivity index (χ1v) is 6.38. The van der Waals surface area contributed by atoms with E-state index in [-0.39, 0.29) is 24.4 Å². The maximum atomic E-state index is 11.5. The molecule has 0 heterocycles. The fourth-order valence-corrected chi connectivity index (χ4v) is 1.55. The molecule has 0 aliphatic heterocycles. The van der Waals surface area contributed by atoms with Gasteiger partial charge in [-0.05, 0) is 18.3 Å². The average molecular weight is 281 g/mol. The summed E-state index contributed by atoms with van der Waals surface area (Å²) in [7, 11) is 1.58. The molecule has 1 atom stereocenters. The molecule has 0 spiro atoms. The molecule has 0 saturated carbocycles. The number of nitrogens with two attached hydrogens (primary N) is 1. The molecule has 1 unspecified atom stereocenters. The fourth-order valence-electron chi connectivity index (χ4n) is 1.55. The number of unbranched alkanes of at least 4 members (excludes halogenated alkanes) is 1. The molecular formula is C13H29ClN2O2. The van der Waals surface area contributed by atoms with E-state index < -0.39 is 0 Å². The minimum absolute atomic E-state index is 0. The highest BCUT2D eigenvalue weighted by Crippen LogP contribution is 2.21. The average Bonchev–Trinajstić information content (AvgIpc) is 2.23. The van der Waals surface area contributed by atoms with Crippen molar-refractivity contribution < 1.29 is 9.53 Å². The molecule has 4 nitrogen and oxygen atoms in total. The molecule has 0 radical (unpaired) electrons. The van der Waals surface area contributed by atoms with Crippen molar-refractivity contribution in [3.05, 3.63) is 0 Å². The van der Waals surface area contributed by atoms with Crippen molar-refractivity contribution in [1.29, 1.82) is 0 Å². The van der Waals surface area contributed by atoms with Crippen molar-refractivity contribution in [3.8, 4) is 0 Å². The number of nitrogens with one attached hydrogen (secondary N) is 1. The number of carbonyl (C=O) groups is 1. The van der Waals surface area contributed by atoms with Gasteiger partial charge in [-0.1, -0.05) is 27.2 Å². The summed E-state index contributed by atoms with van der Waals surface area (Å²) in [6.45, 7) is 7.83. The maximum absolute atomic E-state index is 11.5. The van der Waals surface area contributed by atoms with Gasteiger partial charge in [0, 0.05) is 20.2 Å². The van der Waals surface area contributed by atoms with Crippen molar-refractivity contribution in [2.75, 3.05) is 20.2 Å². The topological polar surface area (TPSA) is 64.3 Å². The van der Waals surface area contributed by atoms with E-state index in [1.54, 1.807) is 7.11 Å². The van der Waals surface area contributed by atoms with Crippen molar-refractivity contribution in [1.82, 2.24) is 5.32 Å². The van der Waals surface area contributed by atoms with Crippen LogP contribution < -0.4 is 11.1 Å². The zero-order valence-corrected chi connectivity index (χ0v) is 12.9. The largest absolute Gasteiger partial charge is 0.380 e. The van der Waals surface area contributed by atoms with Crippen molar-refractivity contribution in [2.24, 2.45) is 11.1 Å². The van der Waals surface area contributed by atoms with Gasteiger partial charge in [-0.25, -0.2) is 0 Å². The maximum Gasteiger partial charge on any atom is 0.222 e. The van der Waals surface area contributed by atoms with E-state index in [1.165, 1.54) is 6.42 Å². The number of ether oxygens (including phenoxy) is 1. The van der Waals surface area contributed by atoms with E-state index in [0.717, 1.165) is 19.4 Å². The minimum atomic E-state index is -0.162. The van der Waals surface area contributed by atoms with Gasteiger partial charge in [-0.2, -0.15) is 0 Å². The van der Waals surface area contributed by atoms with Crippen LogP contribution in [0.4, 0.5) is 0 Å². The first kappa shape index (κ1) is 20.0. The Bertz CT molecular complexity index is 214.